The summed E-state index contributed by atoms with van der Waals surface area (Å²) < 4.78 is 0. The van der Waals surface area contributed by atoms with E-state index < -0.39 is 0 Å². The average Bonchev–Trinajstić information content (AvgIpc) is 2.40. The van der Waals surface area contributed by atoms with E-state index >= 15 is 0 Å². The van der Waals surface area contributed by atoms with Gasteiger partial charge in [-0.05, 0) is 43.5 Å². The Labute approximate surface area is 129 Å². The fraction of sp³-hybridized carbons (Fsp3) is 0.235. The van der Waals surface area contributed by atoms with Crippen molar-refractivity contribution in [2.75, 3.05) is 0 Å². The maximum Gasteiger partial charge on any atom is 0.164 e. The van der Waals surface area contributed by atoms with Gasteiger partial charge >= 0.3 is 0 Å². The van der Waals surface area contributed by atoms with Crippen LogP contribution in [0.1, 0.15) is 33.5 Å². The Morgan fingerprint density at radius 1 is 1.10 bits per heavy atom. The molecule has 20 heavy (non-hydrogen) atoms. The molecule has 0 radical (unpaired) electrons. The predicted octanol–water partition coefficient (Wildman–Crippen LogP) is 5.43. The van der Waals surface area contributed by atoms with Crippen molar-refractivity contribution in [3.8, 4) is 0 Å². The van der Waals surface area contributed by atoms with E-state index in [4.69, 9.17) is 23.2 Å². The molecular formula is C17H16Cl2O. The molecule has 1 nitrogen and oxygen atoms in total. The minimum atomic E-state index is 0.0254. The highest BCUT2D eigenvalue weighted by molar-refractivity contribution is 6.43. The van der Waals surface area contributed by atoms with Crippen LogP contribution in [0.2, 0.25) is 10.0 Å². The van der Waals surface area contributed by atoms with Crippen molar-refractivity contribution in [2.45, 2.75) is 26.7 Å². The van der Waals surface area contributed by atoms with Gasteiger partial charge in [0, 0.05) is 12.0 Å². The van der Waals surface area contributed by atoms with E-state index in [1.54, 1.807) is 18.2 Å². The zero-order valence-electron chi connectivity index (χ0n) is 11.5. The summed E-state index contributed by atoms with van der Waals surface area (Å²) in [6, 6.07) is 11.4. The summed E-state index contributed by atoms with van der Waals surface area (Å²) in [5.41, 5.74) is 4.15. The number of carbonyl (C=O) groups is 1. The molecule has 0 aliphatic rings. The van der Waals surface area contributed by atoms with Crippen LogP contribution < -0.4 is 0 Å². The minimum Gasteiger partial charge on any atom is -0.294 e. The Morgan fingerprint density at radius 3 is 2.55 bits per heavy atom. The number of benzene rings is 2. The quantitative estimate of drug-likeness (QED) is 0.689. The smallest absolute Gasteiger partial charge is 0.164 e. The third-order valence-electron chi connectivity index (χ3n) is 3.37. The largest absolute Gasteiger partial charge is 0.294 e. The first-order valence-corrected chi connectivity index (χ1v) is 7.28. The summed E-state index contributed by atoms with van der Waals surface area (Å²) in [5, 5.41) is 0.767. The van der Waals surface area contributed by atoms with Crippen molar-refractivity contribution in [1.29, 1.82) is 0 Å². The second-order valence-corrected chi connectivity index (χ2v) is 5.74. The number of carbonyl (C=O) groups excluding carboxylic acids is 1. The number of halogens is 2. The second kappa shape index (κ2) is 6.43. The van der Waals surface area contributed by atoms with E-state index in [-0.39, 0.29) is 5.78 Å². The zero-order valence-corrected chi connectivity index (χ0v) is 13.1. The molecule has 0 bridgehead atoms. The highest BCUT2D eigenvalue weighted by Gasteiger charge is 2.13. The van der Waals surface area contributed by atoms with Crippen LogP contribution in [-0.2, 0) is 6.42 Å². The fourth-order valence-corrected chi connectivity index (χ4v) is 2.63. The molecule has 0 saturated heterocycles. The molecule has 0 N–H and O–H groups in total. The summed E-state index contributed by atoms with van der Waals surface area (Å²) in [6.45, 7) is 4.13. The second-order valence-electron chi connectivity index (χ2n) is 4.95. The van der Waals surface area contributed by atoms with Crippen LogP contribution in [0.5, 0.6) is 0 Å². The van der Waals surface area contributed by atoms with Gasteiger partial charge in [-0.1, -0.05) is 53.0 Å². The van der Waals surface area contributed by atoms with Crippen LogP contribution in [0.3, 0.4) is 0 Å². The van der Waals surface area contributed by atoms with Gasteiger partial charge in [0.05, 0.1) is 10.0 Å². The van der Waals surface area contributed by atoms with Crippen LogP contribution in [-0.4, -0.2) is 5.78 Å². The lowest BCUT2D eigenvalue weighted by Gasteiger charge is -2.08. The van der Waals surface area contributed by atoms with E-state index in [0.717, 1.165) is 0 Å². The lowest BCUT2D eigenvalue weighted by Crippen LogP contribution is -2.03. The monoisotopic (exact) mass is 306 g/mol. The highest BCUT2D eigenvalue weighted by Crippen LogP contribution is 2.27. The molecule has 2 aromatic rings. The number of rotatable bonds is 4. The Kier molecular flexibility index (Phi) is 4.85. The first-order valence-electron chi connectivity index (χ1n) is 6.52. The molecule has 0 saturated carbocycles. The summed E-state index contributed by atoms with van der Waals surface area (Å²) in [6.07, 6.45) is 1.15. The van der Waals surface area contributed by atoms with Crippen LogP contribution >= 0.6 is 23.2 Å². The Balaban J connectivity index is 2.11. The topological polar surface area (TPSA) is 17.1 Å². The van der Waals surface area contributed by atoms with Crippen LogP contribution in [0, 0.1) is 13.8 Å². The van der Waals surface area contributed by atoms with Gasteiger partial charge in [0.1, 0.15) is 0 Å². The summed E-state index contributed by atoms with van der Waals surface area (Å²) >= 11 is 12.0. The van der Waals surface area contributed by atoms with Crippen molar-refractivity contribution in [3.63, 3.8) is 0 Å². The Hall–Kier alpha value is -1.31. The van der Waals surface area contributed by atoms with Crippen molar-refractivity contribution in [3.05, 3.63) is 68.7 Å². The van der Waals surface area contributed by atoms with Gasteiger partial charge in [0.15, 0.2) is 5.78 Å². The number of hydrogen-bond donors (Lipinski definition) is 0. The van der Waals surface area contributed by atoms with Gasteiger partial charge < -0.3 is 0 Å². The molecule has 0 spiro atoms. The van der Waals surface area contributed by atoms with E-state index in [2.05, 4.69) is 32.0 Å². The average molecular weight is 307 g/mol. The summed E-state index contributed by atoms with van der Waals surface area (Å²) in [5.74, 6) is 0.0254. The third kappa shape index (κ3) is 3.41. The van der Waals surface area contributed by atoms with Crippen molar-refractivity contribution >= 4 is 29.0 Å². The van der Waals surface area contributed by atoms with Crippen molar-refractivity contribution in [2.24, 2.45) is 0 Å². The summed E-state index contributed by atoms with van der Waals surface area (Å²) in [4.78, 5) is 12.2. The van der Waals surface area contributed by atoms with Gasteiger partial charge in [-0.15, -0.1) is 0 Å². The van der Waals surface area contributed by atoms with Gasteiger partial charge in [-0.2, -0.15) is 0 Å². The normalized spacial score (nSPS) is 10.6. The SMILES string of the molecule is Cc1ccc(CCC(=O)c2cccc(Cl)c2Cl)c(C)c1. The Morgan fingerprint density at radius 2 is 1.85 bits per heavy atom. The van der Waals surface area contributed by atoms with Crippen LogP contribution in [0.15, 0.2) is 36.4 Å². The van der Waals surface area contributed by atoms with Crippen molar-refractivity contribution < 1.29 is 4.79 Å². The molecule has 0 unspecified atom stereocenters. The van der Waals surface area contributed by atoms with Crippen LogP contribution in [0.25, 0.3) is 0 Å². The first-order chi connectivity index (χ1) is 9.49. The Bertz CT molecular complexity index is 647. The van der Waals surface area contributed by atoms with E-state index in [0.29, 0.717) is 28.5 Å². The van der Waals surface area contributed by atoms with Gasteiger partial charge in [-0.25, -0.2) is 0 Å². The molecule has 0 aromatic heterocycles. The zero-order chi connectivity index (χ0) is 14.7. The standard InChI is InChI=1S/C17H16Cl2O/c1-11-6-7-13(12(2)10-11)8-9-16(20)14-4-3-5-15(18)17(14)19/h3-7,10H,8-9H2,1-2H3. The predicted molar refractivity (Wildman–Crippen MR) is 85.0 cm³/mol. The van der Waals surface area contributed by atoms with Crippen molar-refractivity contribution in [1.82, 2.24) is 0 Å². The molecule has 0 aliphatic carbocycles. The number of hydrogen-bond acceptors (Lipinski definition) is 1. The summed E-state index contributed by atoms with van der Waals surface area (Å²) in [7, 11) is 0. The van der Waals surface area contributed by atoms with Gasteiger partial charge in [-0.3, -0.25) is 4.79 Å². The molecule has 0 amide bonds. The van der Waals surface area contributed by atoms with E-state index in [1.807, 2.05) is 0 Å². The minimum absolute atomic E-state index is 0.0254. The molecule has 3 heteroatoms. The van der Waals surface area contributed by atoms with Gasteiger partial charge in [0.2, 0.25) is 0 Å². The highest BCUT2D eigenvalue weighted by atomic mass is 35.5. The first kappa shape index (κ1) is 15.1. The number of Topliss-reactive ketones (excluding diaryl/α,β-unsaturated/α-hetero) is 1. The maximum absolute atomic E-state index is 12.2. The molecule has 104 valence electrons. The maximum atomic E-state index is 12.2. The molecular weight excluding hydrogens is 291 g/mol. The van der Waals surface area contributed by atoms with Gasteiger partial charge in [0.25, 0.3) is 0 Å². The lowest BCUT2D eigenvalue weighted by atomic mass is 9.98. The molecule has 0 heterocycles. The third-order valence-corrected chi connectivity index (χ3v) is 4.19. The molecule has 0 atom stereocenters. The lowest BCUT2D eigenvalue weighted by molar-refractivity contribution is 0.0983. The molecule has 2 rings (SSSR count). The van der Waals surface area contributed by atoms with E-state index in [9.17, 15) is 4.79 Å². The molecule has 2 aromatic carbocycles. The molecule has 0 fully saturated rings. The number of aryl methyl sites for hydroxylation is 3. The fourth-order valence-electron chi connectivity index (χ4n) is 2.23. The van der Waals surface area contributed by atoms with Crippen LogP contribution in [0.4, 0.5) is 0 Å². The van der Waals surface area contributed by atoms with E-state index in [1.165, 1.54) is 16.7 Å². The molecule has 0 aliphatic heterocycles. The number of ketones is 1.